The number of nitrogens with zero attached hydrogens (tertiary/aromatic N) is 1. The average Bonchev–Trinajstić information content (AvgIpc) is 2.62. The molecule has 0 aromatic heterocycles. The zero-order chi connectivity index (χ0) is 18.6. The van der Waals surface area contributed by atoms with Crippen LogP contribution >= 0.6 is 11.6 Å². The molecule has 0 bridgehead atoms. The highest BCUT2D eigenvalue weighted by atomic mass is 35.5. The van der Waals surface area contributed by atoms with Gasteiger partial charge in [0, 0.05) is 17.3 Å². The van der Waals surface area contributed by atoms with E-state index in [0.717, 1.165) is 6.42 Å². The Balaban J connectivity index is 1.56. The van der Waals surface area contributed by atoms with Crippen LogP contribution in [0.1, 0.15) is 12.8 Å². The number of ether oxygens (including phenoxy) is 1. The molecule has 1 amide bonds. The highest BCUT2D eigenvalue weighted by molar-refractivity contribution is 7.92. The van der Waals surface area contributed by atoms with Crippen molar-refractivity contribution < 1.29 is 17.9 Å². The number of anilines is 2. The van der Waals surface area contributed by atoms with Crippen molar-refractivity contribution in [3.05, 3.63) is 53.6 Å². The van der Waals surface area contributed by atoms with E-state index in [1.54, 1.807) is 48.5 Å². The molecule has 1 aliphatic heterocycles. The Kier molecular flexibility index (Phi) is 5.68. The number of carbonyl (C=O) groups excluding carboxylic acids is 1. The highest BCUT2D eigenvalue weighted by Crippen LogP contribution is 2.25. The summed E-state index contributed by atoms with van der Waals surface area (Å²) in [5.41, 5.74) is 1.19. The van der Waals surface area contributed by atoms with Gasteiger partial charge in [0.05, 0.1) is 11.4 Å². The number of carbonyl (C=O) groups is 1. The first kappa shape index (κ1) is 18.5. The van der Waals surface area contributed by atoms with Crippen LogP contribution in [0, 0.1) is 0 Å². The third kappa shape index (κ3) is 4.68. The maximum absolute atomic E-state index is 12.1. The molecule has 3 rings (SSSR count). The van der Waals surface area contributed by atoms with Gasteiger partial charge in [0.2, 0.25) is 10.0 Å². The minimum atomic E-state index is -3.24. The average molecular weight is 395 g/mol. The van der Waals surface area contributed by atoms with Gasteiger partial charge in [-0.05, 0) is 61.4 Å². The molecule has 1 heterocycles. The lowest BCUT2D eigenvalue weighted by Crippen LogP contribution is -2.37. The van der Waals surface area contributed by atoms with E-state index in [2.05, 4.69) is 5.32 Å². The van der Waals surface area contributed by atoms with Gasteiger partial charge in [-0.1, -0.05) is 11.6 Å². The smallest absolute Gasteiger partial charge is 0.262 e. The number of rotatable bonds is 5. The Bertz CT molecular complexity index is 867. The second-order valence-corrected chi connectivity index (χ2v) is 8.38. The van der Waals surface area contributed by atoms with Crippen molar-refractivity contribution >= 4 is 38.9 Å². The molecule has 0 unspecified atom stereocenters. The molecular weight excluding hydrogens is 376 g/mol. The Morgan fingerprint density at radius 1 is 1.08 bits per heavy atom. The number of hydrogen-bond donors (Lipinski definition) is 1. The van der Waals surface area contributed by atoms with E-state index in [4.69, 9.17) is 16.3 Å². The molecule has 0 spiro atoms. The van der Waals surface area contributed by atoms with Gasteiger partial charge in [0.1, 0.15) is 5.75 Å². The third-order valence-electron chi connectivity index (χ3n) is 3.97. The first-order chi connectivity index (χ1) is 12.4. The van der Waals surface area contributed by atoms with Crippen molar-refractivity contribution in [2.45, 2.75) is 12.8 Å². The van der Waals surface area contributed by atoms with E-state index in [1.165, 1.54) is 4.31 Å². The summed E-state index contributed by atoms with van der Waals surface area (Å²) in [7, 11) is -3.24. The molecule has 0 saturated carbocycles. The molecule has 26 heavy (non-hydrogen) atoms. The number of hydrogen-bond acceptors (Lipinski definition) is 4. The summed E-state index contributed by atoms with van der Waals surface area (Å²) in [4.78, 5) is 12.0. The molecule has 1 N–H and O–H groups in total. The molecule has 2 aromatic rings. The topological polar surface area (TPSA) is 75.7 Å². The Labute approximate surface area is 157 Å². The number of sulfonamides is 1. The summed E-state index contributed by atoms with van der Waals surface area (Å²) in [6.45, 7) is 0.354. The molecule has 138 valence electrons. The maximum Gasteiger partial charge on any atom is 0.262 e. The fourth-order valence-electron chi connectivity index (χ4n) is 2.67. The van der Waals surface area contributed by atoms with E-state index in [0.29, 0.717) is 35.1 Å². The Morgan fingerprint density at radius 3 is 2.42 bits per heavy atom. The zero-order valence-corrected chi connectivity index (χ0v) is 15.6. The van der Waals surface area contributed by atoms with Crippen molar-refractivity contribution in [3.8, 4) is 5.75 Å². The zero-order valence-electron chi connectivity index (χ0n) is 14.0. The van der Waals surface area contributed by atoms with Crippen molar-refractivity contribution in [1.82, 2.24) is 0 Å². The monoisotopic (exact) mass is 394 g/mol. The Hall–Kier alpha value is -2.25. The van der Waals surface area contributed by atoms with E-state index < -0.39 is 10.0 Å². The quantitative estimate of drug-likeness (QED) is 0.844. The van der Waals surface area contributed by atoms with Crippen LogP contribution in [0.15, 0.2) is 48.5 Å². The van der Waals surface area contributed by atoms with E-state index >= 15 is 0 Å². The fraction of sp³-hybridized carbons (Fsp3) is 0.278. The lowest BCUT2D eigenvalue weighted by molar-refractivity contribution is -0.118. The third-order valence-corrected chi connectivity index (χ3v) is 6.09. The predicted octanol–water partition coefficient (Wildman–Crippen LogP) is 3.29. The second kappa shape index (κ2) is 7.97. The summed E-state index contributed by atoms with van der Waals surface area (Å²) >= 11 is 5.79. The molecule has 1 aliphatic rings. The largest absolute Gasteiger partial charge is 0.484 e. The molecule has 0 radical (unpaired) electrons. The maximum atomic E-state index is 12.1. The summed E-state index contributed by atoms with van der Waals surface area (Å²) in [6, 6.07) is 13.5. The molecule has 0 atom stereocenters. The summed E-state index contributed by atoms with van der Waals surface area (Å²) in [5, 5.41) is 3.31. The van der Waals surface area contributed by atoms with Gasteiger partial charge in [-0.15, -0.1) is 0 Å². The van der Waals surface area contributed by atoms with E-state index in [9.17, 15) is 13.2 Å². The first-order valence-corrected chi connectivity index (χ1v) is 10.2. The predicted molar refractivity (Wildman–Crippen MR) is 102 cm³/mol. The SMILES string of the molecule is O=C(COc1ccc(Cl)cc1)Nc1ccc(N2CCCCS2(=O)=O)cc1. The number of amides is 1. The summed E-state index contributed by atoms with van der Waals surface area (Å²) in [6.07, 6.45) is 1.54. The van der Waals surface area contributed by atoms with Crippen LogP contribution < -0.4 is 14.4 Å². The van der Waals surface area contributed by atoms with Gasteiger partial charge in [-0.3, -0.25) is 9.10 Å². The van der Waals surface area contributed by atoms with E-state index in [-0.39, 0.29) is 18.3 Å². The minimum Gasteiger partial charge on any atom is -0.484 e. The van der Waals surface area contributed by atoms with Crippen molar-refractivity contribution in [1.29, 1.82) is 0 Å². The molecule has 8 heteroatoms. The number of benzene rings is 2. The molecule has 1 fully saturated rings. The number of halogens is 1. The highest BCUT2D eigenvalue weighted by Gasteiger charge is 2.25. The van der Waals surface area contributed by atoms with E-state index in [1.807, 2.05) is 0 Å². The van der Waals surface area contributed by atoms with Gasteiger partial charge in [-0.2, -0.15) is 0 Å². The minimum absolute atomic E-state index is 0.135. The standard InChI is InChI=1S/C18H19ClN2O4S/c19-14-3-9-17(10-4-14)25-13-18(22)20-15-5-7-16(8-6-15)21-11-1-2-12-26(21,23)24/h3-10H,1-2,11-13H2,(H,20,22). The van der Waals surface area contributed by atoms with Crippen LogP contribution in [0.5, 0.6) is 5.75 Å². The van der Waals surface area contributed by atoms with Crippen LogP contribution in [0.3, 0.4) is 0 Å². The molecule has 6 nitrogen and oxygen atoms in total. The molecule has 0 aliphatic carbocycles. The van der Waals surface area contributed by atoms with Crippen LogP contribution in [-0.4, -0.2) is 33.2 Å². The van der Waals surface area contributed by atoms with Crippen molar-refractivity contribution in [3.63, 3.8) is 0 Å². The van der Waals surface area contributed by atoms with Crippen LogP contribution in [0.4, 0.5) is 11.4 Å². The molecule has 2 aromatic carbocycles. The molecule has 1 saturated heterocycles. The second-order valence-electron chi connectivity index (χ2n) is 5.93. The van der Waals surface area contributed by atoms with Gasteiger partial charge >= 0.3 is 0 Å². The fourth-order valence-corrected chi connectivity index (χ4v) is 4.43. The summed E-state index contributed by atoms with van der Waals surface area (Å²) in [5.74, 6) is 0.418. The van der Waals surface area contributed by atoms with Crippen molar-refractivity contribution in [2.75, 3.05) is 28.5 Å². The van der Waals surface area contributed by atoms with Gasteiger partial charge in [0.25, 0.3) is 5.91 Å². The van der Waals surface area contributed by atoms with Crippen molar-refractivity contribution in [2.24, 2.45) is 0 Å². The number of nitrogens with one attached hydrogen (secondary N) is 1. The lowest BCUT2D eigenvalue weighted by atomic mass is 10.2. The van der Waals surface area contributed by atoms with Crippen LogP contribution in [0.25, 0.3) is 0 Å². The normalized spacial score (nSPS) is 16.1. The first-order valence-electron chi connectivity index (χ1n) is 8.23. The van der Waals surface area contributed by atoms with Gasteiger partial charge < -0.3 is 10.1 Å². The van der Waals surface area contributed by atoms with Gasteiger partial charge in [0.15, 0.2) is 6.61 Å². The summed E-state index contributed by atoms with van der Waals surface area (Å²) < 4.78 is 31.0. The molecular formula is C18H19ClN2O4S. The Morgan fingerprint density at radius 2 is 1.77 bits per heavy atom. The lowest BCUT2D eigenvalue weighted by Gasteiger charge is -2.28. The van der Waals surface area contributed by atoms with Crippen LogP contribution in [0.2, 0.25) is 5.02 Å². The van der Waals surface area contributed by atoms with Crippen LogP contribution in [-0.2, 0) is 14.8 Å². The van der Waals surface area contributed by atoms with Gasteiger partial charge in [-0.25, -0.2) is 8.42 Å².